The summed E-state index contributed by atoms with van der Waals surface area (Å²) in [5, 5.41) is 11.7. The maximum atomic E-state index is 11.7. The second-order valence-electron chi connectivity index (χ2n) is 11.0. The van der Waals surface area contributed by atoms with Crippen LogP contribution in [0.1, 0.15) is 61.3 Å². The van der Waals surface area contributed by atoms with Gasteiger partial charge in [0.15, 0.2) is 16.6 Å². The average molecular weight is 623 g/mol. The van der Waals surface area contributed by atoms with Gasteiger partial charge in [0.2, 0.25) is 0 Å². The van der Waals surface area contributed by atoms with Crippen LogP contribution in [0, 0.1) is 0 Å². The number of esters is 1. The lowest BCUT2D eigenvalue weighted by Gasteiger charge is -2.43. The molecular weight excluding hydrogens is 575 g/mol. The van der Waals surface area contributed by atoms with Gasteiger partial charge in [0, 0.05) is 18.9 Å². The largest absolute Gasteiger partial charge is 0.455 e. The van der Waals surface area contributed by atoms with Crippen LogP contribution >= 0.6 is 22.6 Å². The Labute approximate surface area is 223 Å². The van der Waals surface area contributed by atoms with E-state index in [1.807, 2.05) is 35.3 Å². The van der Waals surface area contributed by atoms with Gasteiger partial charge in [0.05, 0.1) is 17.8 Å². The zero-order valence-corrected chi connectivity index (χ0v) is 26.8. The zero-order valence-electron chi connectivity index (χ0n) is 22.7. The third-order valence-corrected chi connectivity index (χ3v) is 17.2. The summed E-state index contributed by atoms with van der Waals surface area (Å²) in [5.74, 6) is -0.335. The predicted octanol–water partition coefficient (Wildman–Crippen LogP) is 7.28. The summed E-state index contributed by atoms with van der Waals surface area (Å²) in [6.07, 6.45) is 8.84. The molecule has 4 atom stereocenters. The maximum Gasteiger partial charge on any atom is 0.331 e. The van der Waals surface area contributed by atoms with Crippen LogP contribution in [0.15, 0.2) is 34.5 Å². The molecule has 1 rings (SSSR count). The fourth-order valence-electron chi connectivity index (χ4n) is 3.85. The highest BCUT2D eigenvalue weighted by Crippen LogP contribution is 2.39. The number of aliphatic hydroxyl groups excluding tert-OH is 1. The number of rotatable bonds is 13. The molecule has 196 valence electrons. The molecule has 1 N–H and O–H groups in total. The molecule has 0 saturated heterocycles. The number of carbonyl (C=O) groups excluding carboxylic acids is 1. The minimum Gasteiger partial charge on any atom is -0.455 e. The van der Waals surface area contributed by atoms with E-state index in [4.69, 9.17) is 13.6 Å². The fourth-order valence-corrected chi connectivity index (χ4v) is 8.67. The molecule has 0 spiro atoms. The molecule has 1 aliphatic heterocycles. The first-order valence-corrected chi connectivity index (χ1v) is 19.2. The molecule has 34 heavy (non-hydrogen) atoms. The van der Waals surface area contributed by atoms with E-state index in [0.29, 0.717) is 12.8 Å². The van der Waals surface area contributed by atoms with E-state index in [-0.39, 0.29) is 23.2 Å². The number of hydrogen-bond acceptors (Lipinski definition) is 5. The Morgan fingerprint density at radius 2 is 1.79 bits per heavy atom. The molecule has 0 aliphatic carbocycles. The van der Waals surface area contributed by atoms with Crippen molar-refractivity contribution in [1.82, 2.24) is 0 Å². The normalized spacial score (nSPS) is 21.6. The Morgan fingerprint density at radius 1 is 1.21 bits per heavy atom. The predicted molar refractivity (Wildman–Crippen MR) is 155 cm³/mol. The molecule has 1 aliphatic rings. The lowest BCUT2D eigenvalue weighted by molar-refractivity contribution is -0.141. The van der Waals surface area contributed by atoms with E-state index in [9.17, 15) is 9.90 Å². The molecule has 0 bridgehead atoms. The van der Waals surface area contributed by atoms with Crippen LogP contribution in [0.25, 0.3) is 0 Å². The van der Waals surface area contributed by atoms with E-state index in [1.165, 1.54) is 6.08 Å². The van der Waals surface area contributed by atoms with E-state index >= 15 is 0 Å². The first kappa shape index (κ1) is 31.8. The minimum absolute atomic E-state index is 0.0715. The first-order valence-electron chi connectivity index (χ1n) is 12.6. The van der Waals surface area contributed by atoms with Gasteiger partial charge >= 0.3 is 5.97 Å². The van der Waals surface area contributed by atoms with E-state index in [2.05, 4.69) is 77.2 Å². The van der Waals surface area contributed by atoms with Crippen molar-refractivity contribution >= 4 is 45.2 Å². The first-order chi connectivity index (χ1) is 15.7. The Balaban J connectivity index is 3.26. The van der Waals surface area contributed by atoms with Crippen molar-refractivity contribution in [2.24, 2.45) is 0 Å². The quantitative estimate of drug-likeness (QED) is 0.101. The molecule has 0 saturated carbocycles. The van der Waals surface area contributed by atoms with E-state index in [1.54, 1.807) is 0 Å². The number of hydrogen-bond donors (Lipinski definition) is 1. The highest BCUT2D eigenvalue weighted by molar-refractivity contribution is 14.1. The molecule has 1 heterocycles. The van der Waals surface area contributed by atoms with Crippen molar-refractivity contribution in [3.63, 3.8) is 0 Å². The summed E-state index contributed by atoms with van der Waals surface area (Å²) in [7, 11) is -4.08. The summed E-state index contributed by atoms with van der Waals surface area (Å²) in [6.45, 7) is 19.7. The standard InChI is InChI=1S/C26H47IO5Si2/c1-10-34(11-2,12-3)32-26(7,18-16-21-14-13-15-24(29)30-21)23(28)20-22(17-19-27)31-33(8,9)25(4,5)6/h13,15-19,21-23,28H,10-12,14,20H2,1-9H3/b18-16?,19-17-/t21-,22+,23-,26-/m1/s1. The van der Waals surface area contributed by atoms with Crippen molar-refractivity contribution < 1.29 is 23.5 Å². The summed E-state index contributed by atoms with van der Waals surface area (Å²) in [6, 6.07) is 2.94. The lowest BCUT2D eigenvalue weighted by atomic mass is 9.93. The SMILES string of the molecule is CC[Si](CC)(CC)O[C@](C)(C=C[C@H]1CC=CC(=O)O1)[C@H](O)C[C@H](/C=C\I)O[Si](C)(C)C(C)(C)C. The average Bonchev–Trinajstić information content (AvgIpc) is 2.75. The van der Waals surface area contributed by atoms with Gasteiger partial charge in [-0.15, -0.1) is 0 Å². The Kier molecular flexibility index (Phi) is 12.5. The summed E-state index contributed by atoms with van der Waals surface area (Å²) in [5.41, 5.74) is -0.907. The molecule has 0 aromatic heterocycles. The molecule has 0 aromatic rings. The van der Waals surface area contributed by atoms with Crippen molar-refractivity contribution in [1.29, 1.82) is 0 Å². The van der Waals surface area contributed by atoms with Crippen molar-refractivity contribution in [3.05, 3.63) is 34.5 Å². The van der Waals surface area contributed by atoms with Gasteiger partial charge in [-0.1, -0.05) is 82.4 Å². The summed E-state index contributed by atoms with van der Waals surface area (Å²) < 4.78 is 21.0. The van der Waals surface area contributed by atoms with Gasteiger partial charge in [0.1, 0.15) is 6.10 Å². The number of ether oxygens (including phenoxy) is 1. The van der Waals surface area contributed by atoms with Crippen molar-refractivity contribution in [2.45, 2.75) is 121 Å². The molecular formula is C26H47IO5Si2. The Hall–Kier alpha value is -0.266. The monoisotopic (exact) mass is 622 g/mol. The van der Waals surface area contributed by atoms with Gasteiger partial charge in [-0.2, -0.15) is 0 Å². The highest BCUT2D eigenvalue weighted by Gasteiger charge is 2.43. The Morgan fingerprint density at radius 3 is 2.26 bits per heavy atom. The van der Waals surface area contributed by atoms with Crippen molar-refractivity contribution in [2.75, 3.05) is 0 Å². The second kappa shape index (κ2) is 13.3. The molecule has 0 amide bonds. The van der Waals surface area contributed by atoms with Crippen LogP contribution < -0.4 is 0 Å². The lowest BCUT2D eigenvalue weighted by Crippen LogP contribution is -2.52. The highest BCUT2D eigenvalue weighted by atomic mass is 127. The van der Waals surface area contributed by atoms with Crippen LogP contribution in [-0.2, 0) is 18.4 Å². The number of carbonyl (C=O) groups is 1. The van der Waals surface area contributed by atoms with E-state index < -0.39 is 28.3 Å². The number of aliphatic hydroxyl groups is 1. The van der Waals surface area contributed by atoms with Gasteiger partial charge in [-0.05, 0) is 53.3 Å². The molecule has 5 nitrogen and oxygen atoms in total. The molecule has 0 fully saturated rings. The van der Waals surface area contributed by atoms with Gasteiger partial charge in [-0.3, -0.25) is 0 Å². The molecule has 0 aromatic carbocycles. The third kappa shape index (κ3) is 8.99. The smallest absolute Gasteiger partial charge is 0.331 e. The van der Waals surface area contributed by atoms with Crippen LogP contribution in [0.3, 0.4) is 0 Å². The van der Waals surface area contributed by atoms with Crippen LogP contribution in [0.2, 0.25) is 36.3 Å². The van der Waals surface area contributed by atoms with Crippen LogP contribution in [0.4, 0.5) is 0 Å². The third-order valence-electron chi connectivity index (χ3n) is 7.56. The molecule has 0 unspecified atom stereocenters. The number of cyclic esters (lactones) is 1. The fraction of sp³-hybridized carbons (Fsp3) is 0.731. The van der Waals surface area contributed by atoms with Gasteiger partial charge in [-0.25, -0.2) is 4.79 Å². The molecule has 8 heteroatoms. The summed E-state index contributed by atoms with van der Waals surface area (Å²) in [4.78, 5) is 11.7. The van der Waals surface area contributed by atoms with E-state index in [0.717, 1.165) is 18.1 Å². The Bertz CT molecular complexity index is 732. The second-order valence-corrected chi connectivity index (χ2v) is 21.2. The van der Waals surface area contributed by atoms with Crippen molar-refractivity contribution in [3.8, 4) is 0 Å². The molecule has 0 radical (unpaired) electrons. The van der Waals surface area contributed by atoms with Crippen LogP contribution in [-0.4, -0.2) is 51.6 Å². The summed E-state index contributed by atoms with van der Waals surface area (Å²) >= 11 is 2.21. The van der Waals surface area contributed by atoms with Crippen LogP contribution in [0.5, 0.6) is 0 Å². The zero-order chi connectivity index (χ0) is 26.2. The van der Waals surface area contributed by atoms with Gasteiger partial charge < -0.3 is 18.7 Å². The topological polar surface area (TPSA) is 65.0 Å². The minimum atomic E-state index is -2.05. The maximum absolute atomic E-state index is 11.7. The number of halogens is 1. The van der Waals surface area contributed by atoms with Gasteiger partial charge in [0.25, 0.3) is 0 Å².